The molecule has 2 N–H and O–H groups in total. The lowest BCUT2D eigenvalue weighted by Crippen LogP contribution is -2.31. The molecule has 0 spiro atoms. The molecule has 1 atom stereocenters. The van der Waals surface area contributed by atoms with Crippen LogP contribution in [0.5, 0.6) is 0 Å². The Morgan fingerprint density at radius 2 is 1.71 bits per heavy atom. The van der Waals surface area contributed by atoms with Crippen molar-refractivity contribution in [3.05, 3.63) is 29.8 Å². The predicted octanol–water partition coefficient (Wildman–Crippen LogP) is 1.68. The highest BCUT2D eigenvalue weighted by atomic mass is 32.2. The average molecular weight is 536 g/mol. The van der Waals surface area contributed by atoms with Gasteiger partial charge in [0.25, 0.3) is 20.2 Å². The lowest BCUT2D eigenvalue weighted by Gasteiger charge is -2.24. The molecule has 0 amide bonds. The normalized spacial score (nSPS) is 19.1. The van der Waals surface area contributed by atoms with Crippen LogP contribution in [0.1, 0.15) is 32.3 Å². The van der Waals surface area contributed by atoms with Crippen LogP contribution < -0.4 is 0 Å². The van der Waals surface area contributed by atoms with Gasteiger partial charge >= 0.3 is 0 Å². The van der Waals surface area contributed by atoms with E-state index < -0.39 is 51.3 Å². The van der Waals surface area contributed by atoms with Crippen molar-refractivity contribution in [3.63, 3.8) is 0 Å². The Morgan fingerprint density at radius 3 is 2.24 bits per heavy atom. The predicted molar refractivity (Wildman–Crippen MR) is 122 cm³/mol. The largest absolute Gasteiger partial charge is 0.744 e. The van der Waals surface area contributed by atoms with Crippen molar-refractivity contribution in [2.45, 2.75) is 41.9 Å². The summed E-state index contributed by atoms with van der Waals surface area (Å²) in [5.74, 6) is -0.509. The molecule has 0 fully saturated rings. The molecule has 11 nitrogen and oxygen atoms in total. The molecular formula is C20H25NO10S3. The van der Waals surface area contributed by atoms with Crippen molar-refractivity contribution >= 4 is 52.5 Å². The number of ether oxygens (including phenoxy) is 1. The van der Waals surface area contributed by atoms with Gasteiger partial charge in [0.2, 0.25) is 5.69 Å². The molecule has 34 heavy (non-hydrogen) atoms. The van der Waals surface area contributed by atoms with Gasteiger partial charge in [-0.25, -0.2) is 8.42 Å². The minimum Gasteiger partial charge on any atom is -0.744 e. The van der Waals surface area contributed by atoms with Crippen molar-refractivity contribution in [2.75, 3.05) is 26.0 Å². The minimum absolute atomic E-state index is 0.0245. The standard InChI is InChI=1S/C20H25NO10S3/c1-13-20(2,7-4-10-32(22,23)24)19-16-11-14(33(25,26)27)12-18(34(28,29)30)15(16)5-6-17(19)21(13)8-9-31-3/h5-6,11-12H,4,7-10H2,1-3H3,(H2-,22,23,24,25,26,27,28,29,30). The molecule has 14 heteroatoms. The van der Waals surface area contributed by atoms with E-state index in [-0.39, 0.29) is 23.6 Å². The molecular weight excluding hydrogens is 510 g/mol. The minimum atomic E-state index is -5.12. The Labute approximate surface area is 198 Å². The highest BCUT2D eigenvalue weighted by molar-refractivity contribution is 7.86. The Kier molecular flexibility index (Phi) is 7.00. The molecule has 0 bridgehead atoms. The van der Waals surface area contributed by atoms with Crippen LogP contribution in [0.25, 0.3) is 10.8 Å². The number of methoxy groups -OCH3 is 1. The first-order valence-corrected chi connectivity index (χ1v) is 14.6. The summed E-state index contributed by atoms with van der Waals surface area (Å²) in [6.45, 7) is 4.29. The molecule has 3 rings (SSSR count). The first-order chi connectivity index (χ1) is 15.5. The first-order valence-electron chi connectivity index (χ1n) is 10.1. The Morgan fingerprint density at radius 1 is 1.06 bits per heavy atom. The summed E-state index contributed by atoms with van der Waals surface area (Å²) < 4.78 is 108. The van der Waals surface area contributed by atoms with Gasteiger partial charge in [0.15, 0.2) is 12.3 Å². The monoisotopic (exact) mass is 535 g/mol. The molecule has 188 valence electrons. The van der Waals surface area contributed by atoms with Crippen molar-refractivity contribution in [1.82, 2.24) is 0 Å². The van der Waals surface area contributed by atoms with E-state index in [1.54, 1.807) is 19.9 Å². The number of benzene rings is 2. The molecule has 0 aliphatic carbocycles. The Balaban J connectivity index is 2.40. The second-order valence-corrected chi connectivity index (χ2v) is 12.7. The summed E-state index contributed by atoms with van der Waals surface area (Å²) >= 11 is 0. The van der Waals surface area contributed by atoms with Crippen LogP contribution >= 0.6 is 0 Å². The lowest BCUT2D eigenvalue weighted by molar-refractivity contribution is -0.442. The molecule has 1 heterocycles. The van der Waals surface area contributed by atoms with Crippen molar-refractivity contribution < 1.29 is 48.2 Å². The highest BCUT2D eigenvalue weighted by Crippen LogP contribution is 2.47. The van der Waals surface area contributed by atoms with Gasteiger partial charge in [-0.15, -0.1) is 0 Å². The number of nitrogens with zero attached hydrogens (tertiary/aromatic N) is 1. The third-order valence-corrected chi connectivity index (χ3v) is 8.77. The summed E-state index contributed by atoms with van der Waals surface area (Å²) in [7, 11) is -12.7. The van der Waals surface area contributed by atoms with Crippen LogP contribution in [-0.2, 0) is 40.5 Å². The number of fused-ring (bicyclic) bond motifs is 3. The molecule has 0 radical (unpaired) electrons. The Bertz CT molecular complexity index is 1510. The molecule has 1 unspecified atom stereocenters. The summed E-state index contributed by atoms with van der Waals surface area (Å²) in [4.78, 5) is -1.55. The van der Waals surface area contributed by atoms with Gasteiger partial charge in [-0.1, -0.05) is 0 Å². The maximum Gasteiger partial charge on any atom is 0.294 e. The smallest absolute Gasteiger partial charge is 0.294 e. The van der Waals surface area contributed by atoms with Crippen LogP contribution in [0.3, 0.4) is 0 Å². The van der Waals surface area contributed by atoms with Crippen molar-refractivity contribution in [2.24, 2.45) is 0 Å². The molecule has 1 aliphatic rings. The fourth-order valence-electron chi connectivity index (χ4n) is 4.57. The molecule has 0 aromatic heterocycles. The topological polar surface area (TPSA) is 178 Å². The van der Waals surface area contributed by atoms with Crippen LogP contribution in [0, 0.1) is 0 Å². The summed E-state index contributed by atoms with van der Waals surface area (Å²) in [6, 6.07) is 4.72. The average Bonchev–Trinajstić information content (AvgIpc) is 2.90. The van der Waals surface area contributed by atoms with E-state index in [9.17, 15) is 38.9 Å². The third kappa shape index (κ3) is 5.03. The SMILES string of the molecule is COCC[N+]1=C(C)C(C)(CCCS(=O)(=O)O)c2c1ccc1c(S(=O)(=O)[O-])cc(S(=O)(=O)O)cc21. The van der Waals surface area contributed by atoms with Crippen LogP contribution in [0.15, 0.2) is 34.1 Å². The zero-order chi connectivity index (χ0) is 25.7. The fraction of sp³-hybridized carbons (Fsp3) is 0.450. The lowest BCUT2D eigenvalue weighted by atomic mass is 9.74. The van der Waals surface area contributed by atoms with E-state index >= 15 is 0 Å². The maximum absolute atomic E-state index is 12.0. The van der Waals surface area contributed by atoms with Gasteiger partial charge in [0.1, 0.15) is 16.7 Å². The Hall–Kier alpha value is -1.94. The van der Waals surface area contributed by atoms with E-state index in [2.05, 4.69) is 0 Å². The first kappa shape index (κ1) is 26.7. The van der Waals surface area contributed by atoms with E-state index in [4.69, 9.17) is 4.74 Å². The van der Waals surface area contributed by atoms with Crippen molar-refractivity contribution in [1.29, 1.82) is 0 Å². The number of hydrogen-bond donors (Lipinski definition) is 2. The van der Waals surface area contributed by atoms with Crippen LogP contribution in [-0.4, -0.2) is 75.2 Å². The quantitative estimate of drug-likeness (QED) is 0.354. The van der Waals surface area contributed by atoms with E-state index in [0.717, 1.165) is 11.8 Å². The van der Waals surface area contributed by atoms with Gasteiger partial charge in [-0.05, 0) is 43.4 Å². The van der Waals surface area contributed by atoms with E-state index in [0.29, 0.717) is 30.5 Å². The van der Waals surface area contributed by atoms with Gasteiger partial charge < -0.3 is 9.29 Å². The zero-order valence-corrected chi connectivity index (χ0v) is 21.1. The maximum atomic E-state index is 12.0. The second-order valence-electron chi connectivity index (χ2n) is 8.36. The van der Waals surface area contributed by atoms with Gasteiger partial charge in [-0.3, -0.25) is 9.11 Å². The number of rotatable bonds is 9. The molecule has 0 saturated heterocycles. The highest BCUT2D eigenvalue weighted by Gasteiger charge is 2.47. The van der Waals surface area contributed by atoms with E-state index in [1.807, 2.05) is 4.58 Å². The summed E-state index contributed by atoms with van der Waals surface area (Å²) in [5, 5.41) is 0.0965. The van der Waals surface area contributed by atoms with E-state index in [1.165, 1.54) is 13.2 Å². The fourth-order valence-corrected chi connectivity index (χ4v) is 6.40. The number of hydrogen-bond acceptors (Lipinski definition) is 8. The van der Waals surface area contributed by atoms with Crippen LogP contribution in [0.4, 0.5) is 5.69 Å². The van der Waals surface area contributed by atoms with Crippen molar-refractivity contribution in [3.8, 4) is 0 Å². The van der Waals surface area contributed by atoms with Gasteiger partial charge in [0.05, 0.1) is 21.0 Å². The molecule has 2 aromatic rings. The van der Waals surface area contributed by atoms with Crippen LogP contribution in [0.2, 0.25) is 0 Å². The third-order valence-electron chi connectivity index (χ3n) is 6.26. The second kappa shape index (κ2) is 8.93. The van der Waals surface area contributed by atoms with Gasteiger partial charge in [0, 0.05) is 31.0 Å². The molecule has 2 aromatic carbocycles. The molecule has 0 saturated carbocycles. The summed E-state index contributed by atoms with van der Waals surface area (Å²) in [5.41, 5.74) is 0.906. The molecule has 1 aliphatic heterocycles. The van der Waals surface area contributed by atoms with Gasteiger partial charge in [-0.2, -0.15) is 21.4 Å². The summed E-state index contributed by atoms with van der Waals surface area (Å²) in [6.07, 6.45) is 0.245. The zero-order valence-electron chi connectivity index (χ0n) is 18.7.